The van der Waals surface area contributed by atoms with Crippen LogP contribution < -0.4 is 0 Å². The van der Waals surface area contributed by atoms with Gasteiger partial charge in [0.05, 0.1) is 11.8 Å². The predicted molar refractivity (Wildman–Crippen MR) is 74.4 cm³/mol. The largest absolute Gasteiger partial charge is 0.481 e. The van der Waals surface area contributed by atoms with Crippen molar-refractivity contribution in [3.05, 3.63) is 22.6 Å². The molecule has 2 aliphatic rings. The number of piperidine rings is 1. The van der Waals surface area contributed by atoms with Gasteiger partial charge in [-0.1, -0.05) is 0 Å². The van der Waals surface area contributed by atoms with Crippen molar-refractivity contribution < 1.29 is 19.1 Å². The van der Waals surface area contributed by atoms with Gasteiger partial charge in [-0.05, 0) is 53.6 Å². The monoisotopic (exact) mass is 341 g/mol. The van der Waals surface area contributed by atoms with Gasteiger partial charge in [-0.2, -0.15) is 0 Å². The van der Waals surface area contributed by atoms with Crippen LogP contribution in [0.25, 0.3) is 0 Å². The number of hydrogen-bond donors (Lipinski definition) is 1. The summed E-state index contributed by atoms with van der Waals surface area (Å²) in [5, 5.41) is 8.92. The Kier molecular flexibility index (Phi) is 3.58. The van der Waals surface area contributed by atoms with Gasteiger partial charge in [-0.25, -0.2) is 0 Å². The summed E-state index contributed by atoms with van der Waals surface area (Å²) in [6.45, 7) is 0. The zero-order valence-electron chi connectivity index (χ0n) is 10.9. The van der Waals surface area contributed by atoms with E-state index >= 15 is 0 Å². The number of fused-ring (bicyclic) bond motifs is 2. The van der Waals surface area contributed by atoms with E-state index in [1.54, 1.807) is 6.07 Å². The molecule has 5 nitrogen and oxygen atoms in total. The summed E-state index contributed by atoms with van der Waals surface area (Å²) in [5.41, 5.74) is 0.554. The molecule has 0 aromatic carbocycles. The Bertz CT molecular complexity index is 527. The molecule has 1 aromatic heterocycles. The second-order valence-corrected chi connectivity index (χ2v) is 6.36. The molecule has 0 spiro atoms. The molecular formula is C14H16BrNO4. The zero-order valence-corrected chi connectivity index (χ0v) is 12.5. The van der Waals surface area contributed by atoms with E-state index < -0.39 is 5.97 Å². The summed E-state index contributed by atoms with van der Waals surface area (Å²) in [6.07, 6.45) is 5.25. The summed E-state index contributed by atoms with van der Waals surface area (Å²) >= 11 is 3.25. The quantitative estimate of drug-likeness (QED) is 0.917. The van der Waals surface area contributed by atoms with Gasteiger partial charge in [0.2, 0.25) is 0 Å². The Morgan fingerprint density at radius 1 is 1.35 bits per heavy atom. The highest BCUT2D eigenvalue weighted by Gasteiger charge is 2.44. The lowest BCUT2D eigenvalue weighted by atomic mass is 9.88. The van der Waals surface area contributed by atoms with E-state index in [1.165, 1.54) is 6.26 Å². The average Bonchev–Trinajstić information content (AvgIpc) is 2.90. The SMILES string of the molecule is O=C(O)CC1CC2CCC(C1)N2C(=O)c1ccoc1Br. The highest BCUT2D eigenvalue weighted by molar-refractivity contribution is 9.10. The number of carboxylic acid groups (broad SMARTS) is 1. The Morgan fingerprint density at radius 2 is 2.00 bits per heavy atom. The molecule has 2 aliphatic heterocycles. The van der Waals surface area contributed by atoms with E-state index in [0.717, 1.165) is 25.7 Å². The van der Waals surface area contributed by atoms with Crippen molar-refractivity contribution in [1.82, 2.24) is 4.90 Å². The molecule has 1 N–H and O–H groups in total. The van der Waals surface area contributed by atoms with Crippen molar-refractivity contribution in [1.29, 1.82) is 0 Å². The number of carbonyl (C=O) groups is 2. The summed E-state index contributed by atoms with van der Waals surface area (Å²) < 4.78 is 5.60. The Labute approximate surface area is 125 Å². The molecule has 3 heterocycles. The third-order valence-corrected chi connectivity index (χ3v) is 4.99. The van der Waals surface area contributed by atoms with Crippen LogP contribution in [0.5, 0.6) is 0 Å². The number of carbonyl (C=O) groups excluding carboxylic acids is 1. The maximum absolute atomic E-state index is 12.6. The Balaban J connectivity index is 1.76. The van der Waals surface area contributed by atoms with Crippen LogP contribution in [0.1, 0.15) is 42.5 Å². The number of halogens is 1. The van der Waals surface area contributed by atoms with Crippen LogP contribution in [0.15, 0.2) is 21.4 Å². The summed E-state index contributed by atoms with van der Waals surface area (Å²) in [7, 11) is 0. The van der Waals surface area contributed by atoms with E-state index in [2.05, 4.69) is 15.9 Å². The maximum Gasteiger partial charge on any atom is 0.303 e. The fourth-order valence-corrected chi connectivity index (χ4v) is 4.03. The molecule has 0 saturated carbocycles. The third kappa shape index (κ3) is 2.37. The normalized spacial score (nSPS) is 28.6. The van der Waals surface area contributed by atoms with Crippen molar-refractivity contribution >= 4 is 27.8 Å². The fraction of sp³-hybridized carbons (Fsp3) is 0.571. The van der Waals surface area contributed by atoms with Crippen LogP contribution in [-0.4, -0.2) is 34.0 Å². The van der Waals surface area contributed by atoms with Crippen LogP contribution in [0.2, 0.25) is 0 Å². The molecule has 20 heavy (non-hydrogen) atoms. The van der Waals surface area contributed by atoms with E-state index in [0.29, 0.717) is 10.2 Å². The Morgan fingerprint density at radius 3 is 2.50 bits per heavy atom. The second-order valence-electron chi connectivity index (χ2n) is 5.64. The molecule has 2 saturated heterocycles. The number of furan rings is 1. The number of hydrogen-bond acceptors (Lipinski definition) is 3. The lowest BCUT2D eigenvalue weighted by Gasteiger charge is -2.38. The minimum atomic E-state index is -0.744. The molecule has 2 fully saturated rings. The van der Waals surface area contributed by atoms with Crippen molar-refractivity contribution in [3.8, 4) is 0 Å². The summed E-state index contributed by atoms with van der Waals surface area (Å²) in [6, 6.07) is 2.02. The Hall–Kier alpha value is -1.30. The molecule has 108 valence electrons. The first-order chi connectivity index (χ1) is 9.56. The first-order valence-corrected chi connectivity index (χ1v) is 7.63. The molecule has 2 atom stereocenters. The van der Waals surface area contributed by atoms with Gasteiger partial charge < -0.3 is 14.4 Å². The van der Waals surface area contributed by atoms with Crippen molar-refractivity contribution in [2.24, 2.45) is 5.92 Å². The number of aliphatic carboxylic acids is 1. The van der Waals surface area contributed by atoms with Crippen molar-refractivity contribution in [3.63, 3.8) is 0 Å². The average molecular weight is 342 g/mol. The van der Waals surface area contributed by atoms with E-state index in [-0.39, 0.29) is 30.3 Å². The minimum Gasteiger partial charge on any atom is -0.481 e. The van der Waals surface area contributed by atoms with Crippen LogP contribution in [-0.2, 0) is 4.79 Å². The van der Waals surface area contributed by atoms with Crippen LogP contribution >= 0.6 is 15.9 Å². The molecule has 0 radical (unpaired) electrons. The molecule has 1 aromatic rings. The van der Waals surface area contributed by atoms with E-state index in [4.69, 9.17) is 9.52 Å². The third-order valence-electron chi connectivity index (χ3n) is 4.38. The fourth-order valence-electron chi connectivity index (χ4n) is 3.62. The summed E-state index contributed by atoms with van der Waals surface area (Å²) in [5.74, 6) is -0.555. The van der Waals surface area contributed by atoms with Crippen molar-refractivity contribution in [2.75, 3.05) is 0 Å². The van der Waals surface area contributed by atoms with Gasteiger partial charge in [0.25, 0.3) is 5.91 Å². The zero-order chi connectivity index (χ0) is 14.3. The first kappa shape index (κ1) is 13.7. The van der Waals surface area contributed by atoms with Crippen molar-refractivity contribution in [2.45, 2.75) is 44.2 Å². The van der Waals surface area contributed by atoms with Gasteiger partial charge in [0.15, 0.2) is 4.67 Å². The molecule has 6 heteroatoms. The van der Waals surface area contributed by atoms with Crippen LogP contribution in [0, 0.1) is 5.92 Å². The van der Waals surface area contributed by atoms with E-state index in [1.807, 2.05) is 4.90 Å². The van der Waals surface area contributed by atoms with Gasteiger partial charge in [-0.3, -0.25) is 9.59 Å². The standard InChI is InChI=1S/C14H16BrNO4/c15-13-11(3-4-20-13)14(19)16-9-1-2-10(16)6-8(5-9)7-12(17)18/h3-4,8-10H,1-2,5-7H2,(H,17,18). The minimum absolute atomic E-state index is 0.00750. The predicted octanol–water partition coefficient (Wildman–Crippen LogP) is 2.90. The van der Waals surface area contributed by atoms with Crippen LogP contribution in [0.3, 0.4) is 0 Å². The molecular weight excluding hydrogens is 326 g/mol. The highest BCUT2D eigenvalue weighted by atomic mass is 79.9. The molecule has 2 unspecified atom stereocenters. The van der Waals surface area contributed by atoms with Gasteiger partial charge >= 0.3 is 5.97 Å². The van der Waals surface area contributed by atoms with Gasteiger partial charge in [0.1, 0.15) is 0 Å². The number of rotatable bonds is 3. The lowest BCUT2D eigenvalue weighted by molar-refractivity contribution is -0.138. The maximum atomic E-state index is 12.6. The smallest absolute Gasteiger partial charge is 0.303 e. The molecule has 2 bridgehead atoms. The lowest BCUT2D eigenvalue weighted by Crippen LogP contribution is -2.46. The van der Waals surface area contributed by atoms with Crippen LogP contribution in [0.4, 0.5) is 0 Å². The topological polar surface area (TPSA) is 70.8 Å². The number of carboxylic acids is 1. The molecule has 0 aliphatic carbocycles. The second kappa shape index (κ2) is 5.24. The van der Waals surface area contributed by atoms with E-state index in [9.17, 15) is 9.59 Å². The molecule has 1 amide bonds. The summed E-state index contributed by atoms with van der Waals surface area (Å²) in [4.78, 5) is 25.4. The first-order valence-electron chi connectivity index (χ1n) is 6.83. The van der Waals surface area contributed by atoms with Gasteiger partial charge in [0, 0.05) is 18.5 Å². The number of nitrogens with zero attached hydrogens (tertiary/aromatic N) is 1. The van der Waals surface area contributed by atoms with Gasteiger partial charge in [-0.15, -0.1) is 0 Å². The molecule has 3 rings (SSSR count). The number of amides is 1. The highest BCUT2D eigenvalue weighted by Crippen LogP contribution is 2.41.